The Labute approximate surface area is 121 Å². The second-order valence-corrected chi connectivity index (χ2v) is 5.48. The van der Waals surface area contributed by atoms with Crippen molar-refractivity contribution in [3.05, 3.63) is 29.8 Å². The van der Waals surface area contributed by atoms with E-state index in [4.69, 9.17) is 4.74 Å². The maximum absolute atomic E-state index is 12.7. The summed E-state index contributed by atoms with van der Waals surface area (Å²) in [4.78, 5) is 14.5. The number of nitrogens with zero attached hydrogens (tertiary/aromatic N) is 1. The Morgan fingerprint density at radius 3 is 2.60 bits per heavy atom. The fourth-order valence-corrected chi connectivity index (χ4v) is 2.88. The first kappa shape index (κ1) is 14.9. The number of hydrogen-bond donors (Lipinski definition) is 1. The average molecular weight is 276 g/mol. The highest BCUT2D eigenvalue weighted by Gasteiger charge is 2.40. The molecular formula is C16H24N2O2. The smallest absolute Gasteiger partial charge is 0.242 e. The minimum atomic E-state index is -0.346. The molecule has 0 bridgehead atoms. The summed E-state index contributed by atoms with van der Waals surface area (Å²) >= 11 is 0. The lowest BCUT2D eigenvalue weighted by Crippen LogP contribution is -2.53. The normalized spacial score (nSPS) is 21.8. The minimum Gasteiger partial charge on any atom is -0.497 e. The average Bonchev–Trinajstić information content (AvgIpc) is 2.97. The lowest BCUT2D eigenvalue weighted by Gasteiger charge is -2.32. The largest absolute Gasteiger partial charge is 0.497 e. The Kier molecular flexibility index (Phi) is 4.65. The fourth-order valence-electron chi connectivity index (χ4n) is 2.88. The van der Waals surface area contributed by atoms with Gasteiger partial charge in [-0.15, -0.1) is 0 Å². The van der Waals surface area contributed by atoms with E-state index in [-0.39, 0.29) is 11.4 Å². The highest BCUT2D eigenvalue weighted by Crippen LogP contribution is 2.25. The van der Waals surface area contributed by atoms with Crippen LogP contribution in [-0.4, -0.2) is 37.0 Å². The number of carbonyl (C=O) groups is 1. The number of likely N-dealkylation sites (N-methyl/N-ethyl adjacent to an activating group) is 1. The van der Waals surface area contributed by atoms with Crippen molar-refractivity contribution >= 4 is 5.91 Å². The monoisotopic (exact) mass is 276 g/mol. The Balaban J connectivity index is 2.03. The standard InChI is InChI=1S/C16H24N2O2/c1-4-16(10-5-11-17-16)15(19)18(2)12-13-6-8-14(20-3)9-7-13/h6-9,17H,4-5,10-12H2,1-3H3. The van der Waals surface area contributed by atoms with Crippen molar-refractivity contribution < 1.29 is 9.53 Å². The van der Waals surface area contributed by atoms with Gasteiger partial charge in [0.15, 0.2) is 0 Å². The molecule has 0 aromatic heterocycles. The fraction of sp³-hybridized carbons (Fsp3) is 0.562. The number of hydrogen-bond acceptors (Lipinski definition) is 3. The van der Waals surface area contributed by atoms with E-state index in [1.54, 1.807) is 7.11 Å². The van der Waals surface area contributed by atoms with E-state index in [9.17, 15) is 4.79 Å². The van der Waals surface area contributed by atoms with Crippen molar-refractivity contribution in [1.82, 2.24) is 10.2 Å². The number of nitrogens with one attached hydrogen (secondary N) is 1. The molecule has 2 rings (SSSR count). The van der Waals surface area contributed by atoms with Gasteiger partial charge in [0.2, 0.25) is 5.91 Å². The van der Waals surface area contributed by atoms with E-state index in [0.717, 1.165) is 37.1 Å². The zero-order valence-corrected chi connectivity index (χ0v) is 12.6. The van der Waals surface area contributed by atoms with Gasteiger partial charge in [-0.3, -0.25) is 4.79 Å². The highest BCUT2D eigenvalue weighted by atomic mass is 16.5. The molecule has 20 heavy (non-hydrogen) atoms. The Bertz CT molecular complexity index is 450. The van der Waals surface area contributed by atoms with E-state index in [1.165, 1.54) is 0 Å². The first-order valence-electron chi connectivity index (χ1n) is 7.25. The van der Waals surface area contributed by atoms with Crippen LogP contribution in [0.1, 0.15) is 31.7 Å². The van der Waals surface area contributed by atoms with Gasteiger partial charge in [-0.1, -0.05) is 19.1 Å². The van der Waals surface area contributed by atoms with Crippen LogP contribution in [0, 0.1) is 0 Å². The maximum atomic E-state index is 12.7. The van der Waals surface area contributed by atoms with Crippen LogP contribution in [0.15, 0.2) is 24.3 Å². The molecule has 1 unspecified atom stereocenters. The zero-order chi connectivity index (χ0) is 14.6. The lowest BCUT2D eigenvalue weighted by atomic mass is 9.92. The molecule has 110 valence electrons. The molecule has 4 heteroatoms. The number of carbonyl (C=O) groups excluding carboxylic acids is 1. The lowest BCUT2D eigenvalue weighted by molar-refractivity contribution is -0.137. The summed E-state index contributed by atoms with van der Waals surface area (Å²) in [6.45, 7) is 3.65. The molecule has 0 radical (unpaired) electrons. The molecule has 1 aromatic rings. The third-order valence-corrected chi connectivity index (χ3v) is 4.18. The van der Waals surface area contributed by atoms with Gasteiger partial charge in [0, 0.05) is 13.6 Å². The predicted octanol–water partition coefficient (Wildman–Crippen LogP) is 2.19. The Hall–Kier alpha value is -1.55. The van der Waals surface area contributed by atoms with E-state index >= 15 is 0 Å². The van der Waals surface area contributed by atoms with Crippen LogP contribution in [0.25, 0.3) is 0 Å². The molecular weight excluding hydrogens is 252 g/mol. The van der Waals surface area contributed by atoms with Crippen LogP contribution in [0.3, 0.4) is 0 Å². The summed E-state index contributed by atoms with van der Waals surface area (Å²) in [5.74, 6) is 1.04. The summed E-state index contributed by atoms with van der Waals surface area (Å²) in [6.07, 6.45) is 2.87. The number of benzene rings is 1. The molecule has 1 aromatic carbocycles. The van der Waals surface area contributed by atoms with Crippen molar-refractivity contribution in [3.8, 4) is 5.75 Å². The summed E-state index contributed by atoms with van der Waals surface area (Å²) in [6, 6.07) is 7.86. The maximum Gasteiger partial charge on any atom is 0.242 e. The van der Waals surface area contributed by atoms with Crippen molar-refractivity contribution in [2.45, 2.75) is 38.3 Å². The summed E-state index contributed by atoms with van der Waals surface area (Å²) in [5.41, 5.74) is 0.771. The number of amides is 1. The second-order valence-electron chi connectivity index (χ2n) is 5.48. The molecule has 0 spiro atoms. The van der Waals surface area contributed by atoms with Crippen LogP contribution in [0.5, 0.6) is 5.75 Å². The molecule has 1 heterocycles. The molecule has 1 atom stereocenters. The summed E-state index contributed by atoms with van der Waals surface area (Å²) in [5, 5.41) is 3.39. The van der Waals surface area contributed by atoms with E-state index < -0.39 is 0 Å². The summed E-state index contributed by atoms with van der Waals surface area (Å²) < 4.78 is 5.15. The molecule has 4 nitrogen and oxygen atoms in total. The molecule has 1 amide bonds. The van der Waals surface area contributed by atoms with Gasteiger partial charge in [-0.2, -0.15) is 0 Å². The quantitative estimate of drug-likeness (QED) is 0.896. The molecule has 0 saturated carbocycles. The van der Waals surface area contributed by atoms with Gasteiger partial charge in [-0.05, 0) is 43.5 Å². The van der Waals surface area contributed by atoms with Crippen molar-refractivity contribution in [2.75, 3.05) is 20.7 Å². The van der Waals surface area contributed by atoms with Gasteiger partial charge in [-0.25, -0.2) is 0 Å². The highest BCUT2D eigenvalue weighted by molar-refractivity contribution is 5.86. The molecule has 0 aliphatic carbocycles. The third-order valence-electron chi connectivity index (χ3n) is 4.18. The van der Waals surface area contributed by atoms with E-state index in [0.29, 0.717) is 6.54 Å². The first-order chi connectivity index (χ1) is 9.61. The SMILES string of the molecule is CCC1(C(=O)N(C)Cc2ccc(OC)cc2)CCCN1. The first-order valence-corrected chi connectivity index (χ1v) is 7.25. The van der Waals surface area contributed by atoms with Gasteiger partial charge in [0.05, 0.1) is 12.6 Å². The molecule has 1 aliphatic rings. The molecule has 1 saturated heterocycles. The van der Waals surface area contributed by atoms with Gasteiger partial charge >= 0.3 is 0 Å². The Morgan fingerprint density at radius 2 is 2.10 bits per heavy atom. The third kappa shape index (κ3) is 2.96. The number of rotatable bonds is 5. The molecule has 1 N–H and O–H groups in total. The van der Waals surface area contributed by atoms with Crippen LogP contribution in [-0.2, 0) is 11.3 Å². The second kappa shape index (κ2) is 6.27. The molecule has 1 fully saturated rings. The zero-order valence-electron chi connectivity index (χ0n) is 12.6. The van der Waals surface area contributed by atoms with Crippen molar-refractivity contribution in [1.29, 1.82) is 0 Å². The van der Waals surface area contributed by atoms with E-state index in [2.05, 4.69) is 12.2 Å². The van der Waals surface area contributed by atoms with Crippen LogP contribution >= 0.6 is 0 Å². The molecule has 1 aliphatic heterocycles. The Morgan fingerprint density at radius 1 is 1.40 bits per heavy atom. The minimum absolute atomic E-state index is 0.202. The van der Waals surface area contributed by atoms with Crippen LogP contribution < -0.4 is 10.1 Å². The van der Waals surface area contributed by atoms with Gasteiger partial charge < -0.3 is 15.0 Å². The van der Waals surface area contributed by atoms with Crippen molar-refractivity contribution in [2.24, 2.45) is 0 Å². The topological polar surface area (TPSA) is 41.6 Å². The predicted molar refractivity (Wildman–Crippen MR) is 79.7 cm³/mol. The summed E-state index contributed by atoms with van der Waals surface area (Å²) in [7, 11) is 3.53. The number of ether oxygens (including phenoxy) is 1. The van der Waals surface area contributed by atoms with E-state index in [1.807, 2.05) is 36.2 Å². The van der Waals surface area contributed by atoms with Crippen LogP contribution in [0.2, 0.25) is 0 Å². The van der Waals surface area contributed by atoms with Gasteiger partial charge in [0.25, 0.3) is 0 Å². The van der Waals surface area contributed by atoms with Crippen LogP contribution in [0.4, 0.5) is 0 Å². The van der Waals surface area contributed by atoms with Gasteiger partial charge in [0.1, 0.15) is 5.75 Å². The van der Waals surface area contributed by atoms with Crippen molar-refractivity contribution in [3.63, 3.8) is 0 Å². The number of methoxy groups -OCH3 is 1.